The fourth-order valence-corrected chi connectivity index (χ4v) is 4.37. The summed E-state index contributed by atoms with van der Waals surface area (Å²) < 4.78 is 50.7. The van der Waals surface area contributed by atoms with E-state index in [1.165, 1.54) is 25.3 Å². The predicted molar refractivity (Wildman–Crippen MR) is 110 cm³/mol. The van der Waals surface area contributed by atoms with Crippen molar-refractivity contribution in [2.24, 2.45) is 0 Å². The van der Waals surface area contributed by atoms with Crippen LogP contribution in [-0.4, -0.2) is 47.1 Å². The molecule has 5 rings (SSSR count). The van der Waals surface area contributed by atoms with Crippen molar-refractivity contribution in [2.45, 2.75) is 24.8 Å². The van der Waals surface area contributed by atoms with Crippen LogP contribution in [0, 0.1) is 0 Å². The van der Waals surface area contributed by atoms with Gasteiger partial charge in [-0.15, -0.1) is 20.4 Å². The van der Waals surface area contributed by atoms with Gasteiger partial charge < -0.3 is 24.1 Å². The highest BCUT2D eigenvalue weighted by Crippen LogP contribution is 2.46. The summed E-state index contributed by atoms with van der Waals surface area (Å²) >= 11 is 5.87. The minimum atomic E-state index is -3.85. The molecule has 7 nitrogen and oxygen atoms in total. The lowest BCUT2D eigenvalue weighted by Gasteiger charge is -2.40. The molecule has 1 aromatic heterocycles. The van der Waals surface area contributed by atoms with Crippen LogP contribution in [0.5, 0.6) is 11.5 Å². The molecule has 0 bridgehead atoms. The first kappa shape index (κ1) is 19.4. The molecule has 0 spiro atoms. The second-order valence-corrected chi connectivity index (χ2v) is 7.61. The van der Waals surface area contributed by atoms with Gasteiger partial charge in [-0.1, -0.05) is 24.3 Å². The number of rotatable bonds is 3. The van der Waals surface area contributed by atoms with Crippen LogP contribution < -0.4 is 9.47 Å². The highest BCUT2D eigenvalue weighted by atomic mass is 35.5. The maximum Gasteiger partial charge on any atom is 0.586 e. The van der Waals surface area contributed by atoms with Gasteiger partial charge in [0.1, 0.15) is 11.9 Å². The summed E-state index contributed by atoms with van der Waals surface area (Å²) in [4.78, 5) is 30.0. The van der Waals surface area contributed by atoms with Crippen molar-refractivity contribution in [3.05, 3.63) is 59.3 Å². The average Bonchev–Trinajstić information content (AvgIpc) is 3.33. The number of carbonyl (C=O) groups is 2. The molecule has 3 heterocycles. The molecule has 32 heavy (non-hydrogen) atoms. The lowest BCUT2D eigenvalue weighted by molar-refractivity contribution is -0.286. The Balaban J connectivity index is 1.79. The molecule has 1 N–H and O–H groups in total. The third-order valence-electron chi connectivity index (χ3n) is 5.53. The molecule has 2 aliphatic rings. The number of esters is 1. The first-order chi connectivity index (χ1) is 15.7. The number of aromatic nitrogens is 1. The molecule has 0 fully saturated rings. The van der Waals surface area contributed by atoms with Gasteiger partial charge in [-0.2, -0.15) is 0 Å². The number of para-hydroxylation sites is 1. The highest BCUT2D eigenvalue weighted by Gasteiger charge is 2.46. The van der Waals surface area contributed by atoms with E-state index >= 15 is 0 Å². The number of hydrogen-bond donors (Lipinski definition) is 1. The van der Waals surface area contributed by atoms with E-state index in [-0.39, 0.29) is 23.5 Å². The van der Waals surface area contributed by atoms with Crippen LogP contribution in [0.2, 0.25) is 0 Å². The van der Waals surface area contributed by atoms with Crippen molar-refractivity contribution in [3.63, 3.8) is 0 Å². The van der Waals surface area contributed by atoms with Crippen molar-refractivity contribution in [3.8, 4) is 11.5 Å². The van der Waals surface area contributed by atoms with E-state index in [0.717, 1.165) is 10.3 Å². The Morgan fingerprint density at radius 1 is 1.28 bits per heavy atom. The van der Waals surface area contributed by atoms with E-state index < -0.39 is 36.1 Å². The minimum Gasteiger partial charge on any atom is -0.467 e. The van der Waals surface area contributed by atoms with Crippen LogP contribution in [0.3, 0.4) is 0 Å². The molecule has 3 aromatic rings. The number of alkyl halides is 3. The quantitative estimate of drug-likeness (QED) is 0.473. The van der Waals surface area contributed by atoms with Gasteiger partial charge >= 0.3 is 12.3 Å². The Hall–Kier alpha value is -3.33. The van der Waals surface area contributed by atoms with Crippen LogP contribution >= 0.6 is 11.6 Å². The number of carbonyl (C=O) groups excluding carboxylic acids is 2. The Kier molecular flexibility index (Phi) is 4.46. The van der Waals surface area contributed by atoms with Crippen molar-refractivity contribution >= 4 is 34.4 Å². The lowest BCUT2D eigenvalue weighted by Crippen LogP contribution is -2.52. The molecular weight excluding hydrogens is 446 g/mol. The number of halogens is 3. The summed E-state index contributed by atoms with van der Waals surface area (Å²) in [7, 11) is 1.19. The molecule has 2 aromatic carbocycles. The second kappa shape index (κ2) is 7.37. The third kappa shape index (κ3) is 3.15. The number of aromatic amines is 1. The zero-order valence-corrected chi connectivity index (χ0v) is 17.4. The first-order valence-corrected chi connectivity index (χ1v) is 10.2. The number of hydrogen-bond acceptors (Lipinski definition) is 5. The average molecular weight is 464 g/mol. The summed E-state index contributed by atoms with van der Waals surface area (Å²) in [6, 6.07) is 7.85. The third-order valence-corrected chi connectivity index (χ3v) is 5.76. The van der Waals surface area contributed by atoms with Gasteiger partial charge in [-0.3, -0.25) is 4.79 Å². The number of nitrogens with one attached hydrogen (secondary N) is 1. The monoisotopic (exact) mass is 463 g/mol. The molecule has 0 aliphatic carbocycles. The molecule has 0 radical (unpaired) electrons. The largest absolute Gasteiger partial charge is 0.586 e. The summed E-state index contributed by atoms with van der Waals surface area (Å²) in [5.41, 5.74) is 1.74. The van der Waals surface area contributed by atoms with Crippen LogP contribution in [0.25, 0.3) is 10.9 Å². The smallest absolute Gasteiger partial charge is 0.467 e. The number of ether oxygens (including phenoxy) is 3. The highest BCUT2D eigenvalue weighted by molar-refractivity contribution is 6.27. The number of benzene rings is 2. The van der Waals surface area contributed by atoms with Gasteiger partial charge in [-0.05, 0) is 29.3 Å². The molecule has 0 unspecified atom stereocenters. The van der Waals surface area contributed by atoms with Gasteiger partial charge in [0, 0.05) is 23.0 Å². The fourth-order valence-electron chi connectivity index (χ4n) is 4.24. The molecule has 1 amide bonds. The Labute approximate surface area is 187 Å². The maximum atomic E-state index is 13.6. The van der Waals surface area contributed by atoms with Crippen molar-refractivity contribution < 1.29 is 34.0 Å². The van der Waals surface area contributed by atoms with Gasteiger partial charge in [0.15, 0.2) is 11.5 Å². The standard InChI is InChI=1S/C22H17ClF2N2O5/c1-30-21(29)15-9-13-12-4-2-3-5-14(12)26-19(13)20(27(15)18(28)10-23)11-6-7-16-17(8-11)32-22(24,25)31-16/h2-8,15,20,26H,9-10H2,1H3/t15-,20-/m1/s1/i20D. The fraction of sp³-hybridized carbons (Fsp3) is 0.273. The van der Waals surface area contributed by atoms with Crippen LogP contribution in [0.4, 0.5) is 8.78 Å². The van der Waals surface area contributed by atoms with Crippen LogP contribution in [0.15, 0.2) is 42.5 Å². The maximum absolute atomic E-state index is 13.6. The molecule has 0 saturated heterocycles. The van der Waals surface area contributed by atoms with Crippen molar-refractivity contribution in [2.75, 3.05) is 13.0 Å². The first-order valence-electron chi connectivity index (χ1n) is 10.2. The molecule has 2 aliphatic heterocycles. The molecule has 10 heteroatoms. The molecule has 2 atom stereocenters. The number of fused-ring (bicyclic) bond motifs is 4. The lowest BCUT2D eigenvalue weighted by atomic mass is 9.87. The number of H-pyrrole nitrogens is 1. The Morgan fingerprint density at radius 3 is 2.78 bits per heavy atom. The minimum absolute atomic E-state index is 0.0813. The number of methoxy groups -OCH3 is 1. The van der Waals surface area contributed by atoms with E-state index in [2.05, 4.69) is 14.5 Å². The Morgan fingerprint density at radius 2 is 2.03 bits per heavy atom. The second-order valence-electron chi connectivity index (χ2n) is 7.34. The topological polar surface area (TPSA) is 80.9 Å². The van der Waals surface area contributed by atoms with E-state index in [4.69, 9.17) is 16.3 Å². The predicted octanol–water partition coefficient (Wildman–Crippen LogP) is 3.74. The van der Waals surface area contributed by atoms with Crippen molar-refractivity contribution in [1.82, 2.24) is 9.88 Å². The van der Waals surface area contributed by atoms with E-state index in [9.17, 15) is 19.7 Å². The van der Waals surface area contributed by atoms with Gasteiger partial charge in [-0.25, -0.2) is 4.79 Å². The van der Waals surface area contributed by atoms with Gasteiger partial charge in [0.25, 0.3) is 0 Å². The summed E-state index contributed by atoms with van der Waals surface area (Å²) in [6.07, 6.45) is -3.77. The summed E-state index contributed by atoms with van der Waals surface area (Å²) in [5, 5.41) is 0.767. The SMILES string of the molecule is [2H][C@@]1(c2ccc3c(c2)OC(F)(F)O3)c2[nH]c3ccccc3c2C[C@H](C(=O)OC)N1C(=O)CCl. The van der Waals surface area contributed by atoms with Gasteiger partial charge in [0.2, 0.25) is 5.91 Å². The van der Waals surface area contributed by atoms with E-state index in [0.29, 0.717) is 16.8 Å². The summed E-state index contributed by atoms with van der Waals surface area (Å²) in [5.74, 6) is -2.44. The van der Waals surface area contributed by atoms with Crippen LogP contribution in [0.1, 0.15) is 24.2 Å². The van der Waals surface area contributed by atoms with Gasteiger partial charge in [0.05, 0.1) is 14.5 Å². The molecule has 0 saturated carbocycles. The zero-order chi connectivity index (χ0) is 23.5. The van der Waals surface area contributed by atoms with E-state index in [1.807, 2.05) is 12.1 Å². The van der Waals surface area contributed by atoms with Crippen molar-refractivity contribution in [1.29, 1.82) is 0 Å². The summed E-state index contributed by atoms with van der Waals surface area (Å²) in [6.45, 7) is 0. The number of nitrogens with zero attached hydrogens (tertiary/aromatic N) is 1. The Bertz CT molecular complexity index is 1300. The zero-order valence-electron chi connectivity index (χ0n) is 17.7. The molecule has 166 valence electrons. The van der Waals surface area contributed by atoms with E-state index in [1.54, 1.807) is 12.1 Å². The number of amides is 1. The van der Waals surface area contributed by atoms with Crippen LogP contribution in [-0.2, 0) is 20.7 Å². The molecular formula is C22H17ClF2N2O5. The normalized spacial score (nSPS) is 23.6.